The van der Waals surface area contributed by atoms with Crippen molar-refractivity contribution < 1.29 is 14.2 Å². The van der Waals surface area contributed by atoms with Gasteiger partial charge in [-0.1, -0.05) is 18.9 Å². The first-order valence-electron chi connectivity index (χ1n) is 12.0. The number of fused-ring (bicyclic) bond motifs is 1. The zero-order chi connectivity index (χ0) is 24.8. The second kappa shape index (κ2) is 11.4. The number of nitrogens with one attached hydrogen (secondary N) is 2. The lowest BCUT2D eigenvalue weighted by Gasteiger charge is -2.31. The highest BCUT2D eigenvalue weighted by atomic mass is 32.1. The van der Waals surface area contributed by atoms with E-state index in [1.165, 1.54) is 12.8 Å². The van der Waals surface area contributed by atoms with E-state index in [0.29, 0.717) is 47.1 Å². The number of rotatable bonds is 9. The number of hydrogen-bond acceptors (Lipinski definition) is 5. The summed E-state index contributed by atoms with van der Waals surface area (Å²) in [5.41, 5.74) is 2.51. The molecule has 1 heterocycles. The van der Waals surface area contributed by atoms with Crippen molar-refractivity contribution >= 4 is 28.2 Å². The third kappa shape index (κ3) is 5.88. The maximum absolute atomic E-state index is 12.9. The Morgan fingerprint density at radius 2 is 1.80 bits per heavy atom. The van der Waals surface area contributed by atoms with Crippen LogP contribution in [-0.4, -0.2) is 48.9 Å². The van der Waals surface area contributed by atoms with Crippen molar-refractivity contribution in [1.82, 2.24) is 15.2 Å². The first kappa shape index (κ1) is 24.9. The summed E-state index contributed by atoms with van der Waals surface area (Å²) < 4.78 is 16.0. The maximum atomic E-state index is 12.9. The number of pyridine rings is 1. The van der Waals surface area contributed by atoms with Gasteiger partial charge in [-0.15, -0.1) is 0 Å². The van der Waals surface area contributed by atoms with Crippen LogP contribution in [0, 0.1) is 0 Å². The molecule has 35 heavy (non-hydrogen) atoms. The molecule has 3 aromatic rings. The van der Waals surface area contributed by atoms with E-state index in [2.05, 4.69) is 15.2 Å². The minimum Gasteiger partial charge on any atom is -0.497 e. The third-order valence-corrected chi connectivity index (χ3v) is 7.01. The average molecular weight is 496 g/mol. The van der Waals surface area contributed by atoms with Gasteiger partial charge in [-0.2, -0.15) is 0 Å². The molecule has 186 valence electrons. The molecular weight excluding hydrogens is 462 g/mol. The van der Waals surface area contributed by atoms with Crippen molar-refractivity contribution in [1.29, 1.82) is 0 Å². The third-order valence-electron chi connectivity index (χ3n) is 6.63. The summed E-state index contributed by atoms with van der Waals surface area (Å²) in [5, 5.41) is 5.08. The van der Waals surface area contributed by atoms with Crippen molar-refractivity contribution in [2.75, 3.05) is 27.9 Å². The molecule has 2 aromatic carbocycles. The second-order valence-corrected chi connectivity index (χ2v) is 9.20. The fourth-order valence-corrected chi connectivity index (χ4v) is 5.00. The fraction of sp³-hybridized carbons (Fsp3) is 0.407. The van der Waals surface area contributed by atoms with Crippen LogP contribution in [-0.2, 0) is 13.0 Å². The van der Waals surface area contributed by atoms with E-state index in [9.17, 15) is 4.79 Å². The van der Waals surface area contributed by atoms with Gasteiger partial charge >= 0.3 is 0 Å². The Kier molecular flexibility index (Phi) is 8.13. The van der Waals surface area contributed by atoms with Gasteiger partial charge in [-0.3, -0.25) is 4.79 Å². The number of methoxy groups -OCH3 is 3. The number of hydrogen-bond donors (Lipinski definition) is 2. The monoisotopic (exact) mass is 495 g/mol. The smallest absolute Gasteiger partial charge is 0.253 e. The van der Waals surface area contributed by atoms with E-state index in [1.807, 2.05) is 42.5 Å². The molecule has 4 rings (SSSR count). The summed E-state index contributed by atoms with van der Waals surface area (Å²) in [4.78, 5) is 18.1. The molecule has 0 spiro atoms. The summed E-state index contributed by atoms with van der Waals surface area (Å²) in [6.07, 6.45) is 5.32. The van der Waals surface area contributed by atoms with Crippen LogP contribution in [0.2, 0.25) is 0 Å². The second-order valence-electron chi connectivity index (χ2n) is 8.81. The van der Waals surface area contributed by atoms with E-state index in [4.69, 9.17) is 26.4 Å². The highest BCUT2D eigenvalue weighted by molar-refractivity contribution is 7.80. The van der Waals surface area contributed by atoms with Crippen LogP contribution in [0.15, 0.2) is 47.3 Å². The molecule has 7 nitrogen and oxygen atoms in total. The average Bonchev–Trinajstić information content (AvgIpc) is 3.41. The summed E-state index contributed by atoms with van der Waals surface area (Å²) in [6.45, 7) is 1.16. The van der Waals surface area contributed by atoms with Crippen LogP contribution in [0.1, 0.15) is 36.8 Å². The Bertz CT molecular complexity index is 1240. The van der Waals surface area contributed by atoms with E-state index >= 15 is 0 Å². The van der Waals surface area contributed by atoms with E-state index in [0.717, 1.165) is 35.7 Å². The van der Waals surface area contributed by atoms with Gasteiger partial charge in [0, 0.05) is 24.2 Å². The molecule has 0 aliphatic heterocycles. The zero-order valence-corrected chi connectivity index (χ0v) is 21.4. The van der Waals surface area contributed by atoms with Gasteiger partial charge < -0.3 is 29.4 Å². The molecule has 1 saturated carbocycles. The van der Waals surface area contributed by atoms with Crippen LogP contribution < -0.4 is 25.1 Å². The van der Waals surface area contributed by atoms with Gasteiger partial charge in [-0.25, -0.2) is 0 Å². The van der Waals surface area contributed by atoms with Crippen molar-refractivity contribution in [3.05, 3.63) is 63.9 Å². The normalized spacial score (nSPS) is 13.6. The SMILES string of the molecule is COc1ccc2cc(CN(C(=S)NCCc3ccc(OC)c(OC)c3)C3CCCC3)c(=O)[nH]c2c1. The minimum absolute atomic E-state index is 0.0955. The Morgan fingerprint density at radius 1 is 1.03 bits per heavy atom. The molecular formula is C27H33N3O4S. The lowest BCUT2D eigenvalue weighted by molar-refractivity contribution is 0.302. The number of nitrogens with zero attached hydrogens (tertiary/aromatic N) is 1. The van der Waals surface area contributed by atoms with E-state index < -0.39 is 0 Å². The summed E-state index contributed by atoms with van der Waals surface area (Å²) in [6, 6.07) is 13.9. The number of ether oxygens (including phenoxy) is 3. The molecule has 0 amide bonds. The molecule has 2 N–H and O–H groups in total. The number of thiocarbonyl (C=S) groups is 1. The Balaban J connectivity index is 1.47. The molecule has 1 fully saturated rings. The predicted molar refractivity (Wildman–Crippen MR) is 143 cm³/mol. The van der Waals surface area contributed by atoms with Gasteiger partial charge in [0.05, 0.1) is 33.4 Å². The Labute approximate surface area is 211 Å². The fourth-order valence-electron chi connectivity index (χ4n) is 4.69. The maximum Gasteiger partial charge on any atom is 0.253 e. The van der Waals surface area contributed by atoms with Crippen LogP contribution in [0.25, 0.3) is 10.9 Å². The highest BCUT2D eigenvalue weighted by Gasteiger charge is 2.25. The first-order valence-corrected chi connectivity index (χ1v) is 12.4. The molecule has 8 heteroatoms. The van der Waals surface area contributed by atoms with Crippen LogP contribution >= 0.6 is 12.2 Å². The molecule has 0 atom stereocenters. The molecule has 1 aliphatic rings. The van der Waals surface area contributed by atoms with Gasteiger partial charge in [0.1, 0.15) is 5.75 Å². The minimum atomic E-state index is -0.0955. The van der Waals surface area contributed by atoms with E-state index in [-0.39, 0.29) is 5.56 Å². The van der Waals surface area contributed by atoms with Crippen LogP contribution in [0.5, 0.6) is 17.2 Å². The zero-order valence-electron chi connectivity index (χ0n) is 20.6. The van der Waals surface area contributed by atoms with Gasteiger partial charge in [-0.05, 0) is 72.8 Å². The molecule has 0 bridgehead atoms. The van der Waals surface area contributed by atoms with Crippen molar-refractivity contribution in [3.63, 3.8) is 0 Å². The molecule has 0 radical (unpaired) electrons. The number of aromatic nitrogens is 1. The summed E-state index contributed by atoms with van der Waals surface area (Å²) >= 11 is 5.83. The predicted octanol–water partition coefficient (Wildman–Crippen LogP) is 4.42. The topological polar surface area (TPSA) is 75.8 Å². The molecule has 0 saturated heterocycles. The molecule has 0 unspecified atom stereocenters. The number of H-pyrrole nitrogens is 1. The van der Waals surface area contributed by atoms with E-state index in [1.54, 1.807) is 21.3 Å². The van der Waals surface area contributed by atoms with Crippen LogP contribution in [0.4, 0.5) is 0 Å². The number of benzene rings is 2. The largest absolute Gasteiger partial charge is 0.497 e. The van der Waals surface area contributed by atoms with Crippen LogP contribution in [0.3, 0.4) is 0 Å². The lowest BCUT2D eigenvalue weighted by atomic mass is 10.1. The first-order chi connectivity index (χ1) is 17.0. The van der Waals surface area contributed by atoms with Crippen molar-refractivity contribution in [3.8, 4) is 17.2 Å². The Morgan fingerprint density at radius 3 is 2.51 bits per heavy atom. The van der Waals surface area contributed by atoms with Gasteiger partial charge in [0.2, 0.25) is 0 Å². The van der Waals surface area contributed by atoms with Crippen molar-refractivity contribution in [2.45, 2.75) is 44.7 Å². The summed E-state index contributed by atoms with van der Waals surface area (Å²) in [7, 11) is 4.89. The number of aromatic amines is 1. The summed E-state index contributed by atoms with van der Waals surface area (Å²) in [5.74, 6) is 2.15. The van der Waals surface area contributed by atoms with Gasteiger partial charge in [0.25, 0.3) is 5.56 Å². The molecule has 1 aromatic heterocycles. The quantitative estimate of drug-likeness (QED) is 0.426. The standard InChI is InChI=1S/C27H33N3O4S/c1-32-22-10-9-19-15-20(26(31)29-23(19)16-22)17-30(21-6-4-5-7-21)27(35)28-13-12-18-8-11-24(33-2)25(14-18)34-3/h8-11,14-16,21H,4-7,12-13,17H2,1-3H3,(H,28,35)(H,29,31). The highest BCUT2D eigenvalue weighted by Crippen LogP contribution is 2.28. The molecule has 1 aliphatic carbocycles. The van der Waals surface area contributed by atoms with Gasteiger partial charge in [0.15, 0.2) is 16.6 Å². The Hall–Kier alpha value is -3.26. The van der Waals surface area contributed by atoms with Crippen molar-refractivity contribution in [2.24, 2.45) is 0 Å². The lowest BCUT2D eigenvalue weighted by Crippen LogP contribution is -2.45.